The van der Waals surface area contributed by atoms with Crippen LogP contribution in [0.15, 0.2) is 24.3 Å². The van der Waals surface area contributed by atoms with E-state index in [9.17, 15) is 9.59 Å². The van der Waals surface area contributed by atoms with E-state index in [1.807, 2.05) is 24.3 Å². The molecular weight excluding hydrogens is 272 g/mol. The van der Waals surface area contributed by atoms with Gasteiger partial charge in [-0.1, -0.05) is 24.6 Å². The van der Waals surface area contributed by atoms with Crippen LogP contribution in [0.3, 0.4) is 0 Å². The van der Waals surface area contributed by atoms with Crippen molar-refractivity contribution in [3.8, 4) is 0 Å². The van der Waals surface area contributed by atoms with E-state index in [0.29, 0.717) is 19.6 Å². The van der Waals surface area contributed by atoms with Crippen LogP contribution < -0.4 is 10.6 Å². The molecule has 3 N–H and O–H groups in total. The van der Waals surface area contributed by atoms with E-state index in [1.165, 1.54) is 0 Å². The molecule has 0 aromatic heterocycles. The number of anilines is 1. The van der Waals surface area contributed by atoms with Gasteiger partial charge in [0.15, 0.2) is 0 Å². The maximum absolute atomic E-state index is 11.8. The van der Waals surface area contributed by atoms with Crippen LogP contribution in [0.5, 0.6) is 0 Å². The van der Waals surface area contributed by atoms with Gasteiger partial charge in [0.25, 0.3) is 0 Å². The predicted octanol–water partition coefficient (Wildman–Crippen LogP) is 2.60. The molecule has 0 aliphatic rings. The topological polar surface area (TPSA) is 87.7 Å². The van der Waals surface area contributed by atoms with Crippen LogP contribution in [-0.4, -0.2) is 30.8 Å². The van der Waals surface area contributed by atoms with Gasteiger partial charge in [-0.2, -0.15) is 0 Å². The van der Waals surface area contributed by atoms with E-state index in [4.69, 9.17) is 9.84 Å². The van der Waals surface area contributed by atoms with Gasteiger partial charge in [0.05, 0.1) is 6.61 Å². The van der Waals surface area contributed by atoms with Crippen molar-refractivity contribution in [3.05, 3.63) is 29.8 Å². The average molecular weight is 294 g/mol. The fourth-order valence-corrected chi connectivity index (χ4v) is 1.87. The summed E-state index contributed by atoms with van der Waals surface area (Å²) in [7, 11) is 1.61. The highest BCUT2D eigenvalue weighted by molar-refractivity contribution is 5.90. The maximum Gasteiger partial charge on any atom is 0.319 e. The molecule has 116 valence electrons. The number of methoxy groups -OCH3 is 1. The number of amides is 2. The molecule has 1 rings (SSSR count). The largest absolute Gasteiger partial charge is 0.481 e. The summed E-state index contributed by atoms with van der Waals surface area (Å²) in [6.07, 6.45) is 2.36. The molecule has 0 unspecified atom stereocenters. The molecule has 2 amide bonds. The number of ether oxygens (including phenoxy) is 1. The van der Waals surface area contributed by atoms with Crippen molar-refractivity contribution in [3.63, 3.8) is 0 Å². The molecule has 0 radical (unpaired) electrons. The molecule has 0 heterocycles. The van der Waals surface area contributed by atoms with Gasteiger partial charge >= 0.3 is 12.0 Å². The SMILES string of the molecule is COCc1ccccc1NC(=O)NCCCCCC(=O)O. The Labute approximate surface area is 124 Å². The van der Waals surface area contributed by atoms with Crippen LogP contribution in [0, 0.1) is 0 Å². The number of benzene rings is 1. The molecule has 6 nitrogen and oxygen atoms in total. The van der Waals surface area contributed by atoms with Crippen molar-refractivity contribution < 1.29 is 19.4 Å². The van der Waals surface area contributed by atoms with Gasteiger partial charge in [0.1, 0.15) is 0 Å². The molecular formula is C15H22N2O4. The lowest BCUT2D eigenvalue weighted by Gasteiger charge is -2.11. The Balaban J connectivity index is 2.26. The van der Waals surface area contributed by atoms with Crippen molar-refractivity contribution >= 4 is 17.7 Å². The number of nitrogens with one attached hydrogen (secondary N) is 2. The lowest BCUT2D eigenvalue weighted by atomic mass is 10.2. The summed E-state index contributed by atoms with van der Waals surface area (Å²) >= 11 is 0. The Morgan fingerprint density at radius 2 is 1.95 bits per heavy atom. The lowest BCUT2D eigenvalue weighted by molar-refractivity contribution is -0.137. The minimum absolute atomic E-state index is 0.177. The van der Waals surface area contributed by atoms with Crippen molar-refractivity contribution in [2.75, 3.05) is 19.0 Å². The molecule has 6 heteroatoms. The molecule has 0 atom stereocenters. The number of hydrogen-bond acceptors (Lipinski definition) is 3. The molecule has 0 aliphatic carbocycles. The minimum atomic E-state index is -0.782. The first-order chi connectivity index (χ1) is 10.1. The summed E-state index contributed by atoms with van der Waals surface area (Å²) < 4.78 is 5.08. The Morgan fingerprint density at radius 3 is 2.67 bits per heavy atom. The van der Waals surface area contributed by atoms with Gasteiger partial charge in [-0.05, 0) is 18.9 Å². The smallest absolute Gasteiger partial charge is 0.319 e. The third kappa shape index (κ3) is 7.31. The Kier molecular flexibility index (Phi) is 7.89. The minimum Gasteiger partial charge on any atom is -0.481 e. The van der Waals surface area contributed by atoms with Crippen LogP contribution >= 0.6 is 0 Å². The van der Waals surface area contributed by atoms with Crippen LogP contribution in [0.1, 0.15) is 31.2 Å². The van der Waals surface area contributed by atoms with Gasteiger partial charge in [0.2, 0.25) is 0 Å². The zero-order valence-corrected chi connectivity index (χ0v) is 12.2. The summed E-state index contributed by atoms with van der Waals surface area (Å²) in [5.74, 6) is -0.782. The van der Waals surface area contributed by atoms with Gasteiger partial charge in [-0.3, -0.25) is 4.79 Å². The lowest BCUT2D eigenvalue weighted by Crippen LogP contribution is -2.29. The molecule has 0 saturated carbocycles. The van der Waals surface area contributed by atoms with Gasteiger partial charge in [-0.15, -0.1) is 0 Å². The van der Waals surface area contributed by atoms with Crippen molar-refractivity contribution in [1.82, 2.24) is 5.32 Å². The fourth-order valence-electron chi connectivity index (χ4n) is 1.87. The average Bonchev–Trinajstić information content (AvgIpc) is 2.45. The van der Waals surface area contributed by atoms with Gasteiger partial charge < -0.3 is 20.5 Å². The summed E-state index contributed by atoms with van der Waals surface area (Å²) in [6.45, 7) is 0.962. The number of carbonyl (C=O) groups excluding carboxylic acids is 1. The third-order valence-corrected chi connectivity index (χ3v) is 2.92. The molecule has 0 fully saturated rings. The predicted molar refractivity (Wildman–Crippen MR) is 80.3 cm³/mol. The second kappa shape index (κ2) is 9.77. The maximum atomic E-state index is 11.8. The number of carboxylic acid groups (broad SMARTS) is 1. The molecule has 21 heavy (non-hydrogen) atoms. The highest BCUT2D eigenvalue weighted by Crippen LogP contribution is 2.15. The quantitative estimate of drug-likeness (QED) is 0.611. The number of aliphatic carboxylic acids is 1. The van der Waals surface area contributed by atoms with E-state index in [0.717, 1.165) is 24.1 Å². The Morgan fingerprint density at radius 1 is 1.19 bits per heavy atom. The monoisotopic (exact) mass is 294 g/mol. The number of para-hydroxylation sites is 1. The number of carboxylic acids is 1. The molecule has 1 aromatic carbocycles. The fraction of sp³-hybridized carbons (Fsp3) is 0.467. The first kappa shape index (κ1) is 17.0. The van der Waals surface area contributed by atoms with E-state index < -0.39 is 5.97 Å². The van der Waals surface area contributed by atoms with Crippen molar-refractivity contribution in [2.24, 2.45) is 0 Å². The highest BCUT2D eigenvalue weighted by atomic mass is 16.5. The number of carbonyl (C=O) groups is 2. The summed E-state index contributed by atoms with van der Waals surface area (Å²) in [5, 5.41) is 14.0. The molecule has 1 aromatic rings. The van der Waals surface area contributed by atoms with Crippen LogP contribution in [0.2, 0.25) is 0 Å². The number of unbranched alkanes of at least 4 members (excludes halogenated alkanes) is 2. The van der Waals surface area contributed by atoms with Crippen molar-refractivity contribution in [2.45, 2.75) is 32.3 Å². The van der Waals surface area contributed by atoms with Gasteiger partial charge in [-0.25, -0.2) is 4.79 Å². The van der Waals surface area contributed by atoms with E-state index >= 15 is 0 Å². The van der Waals surface area contributed by atoms with Crippen LogP contribution in [0.25, 0.3) is 0 Å². The molecule has 0 saturated heterocycles. The summed E-state index contributed by atoms with van der Waals surface area (Å²) in [6, 6.07) is 7.18. The second-order valence-electron chi connectivity index (χ2n) is 4.68. The molecule has 0 bridgehead atoms. The Hall–Kier alpha value is -2.08. The standard InChI is InChI=1S/C15H22N2O4/c1-21-11-12-7-4-5-8-13(12)17-15(20)16-10-6-2-3-9-14(18)19/h4-5,7-8H,2-3,6,9-11H2,1H3,(H,18,19)(H2,16,17,20). The van der Waals surface area contributed by atoms with E-state index in [1.54, 1.807) is 7.11 Å². The number of rotatable bonds is 9. The second-order valence-corrected chi connectivity index (χ2v) is 4.68. The van der Waals surface area contributed by atoms with E-state index in [2.05, 4.69) is 10.6 Å². The first-order valence-corrected chi connectivity index (χ1v) is 6.97. The Bertz CT molecular complexity index is 463. The van der Waals surface area contributed by atoms with Crippen LogP contribution in [-0.2, 0) is 16.1 Å². The zero-order chi connectivity index (χ0) is 15.5. The third-order valence-electron chi connectivity index (χ3n) is 2.92. The molecule has 0 aliphatic heterocycles. The first-order valence-electron chi connectivity index (χ1n) is 6.97. The highest BCUT2D eigenvalue weighted by Gasteiger charge is 2.05. The van der Waals surface area contributed by atoms with Crippen molar-refractivity contribution in [1.29, 1.82) is 0 Å². The summed E-state index contributed by atoms with van der Waals surface area (Å²) in [5.41, 5.74) is 1.64. The van der Waals surface area contributed by atoms with E-state index in [-0.39, 0.29) is 12.5 Å². The number of hydrogen-bond donors (Lipinski definition) is 3. The van der Waals surface area contributed by atoms with Gasteiger partial charge in [0, 0.05) is 31.3 Å². The summed E-state index contributed by atoms with van der Waals surface area (Å²) in [4.78, 5) is 22.1. The molecule has 0 spiro atoms. The normalized spacial score (nSPS) is 10.1. The number of urea groups is 1. The van der Waals surface area contributed by atoms with Crippen LogP contribution in [0.4, 0.5) is 10.5 Å². The zero-order valence-electron chi connectivity index (χ0n) is 12.2.